The van der Waals surface area contributed by atoms with Crippen LogP contribution in [0.15, 0.2) is 53.4 Å². The van der Waals surface area contributed by atoms with Gasteiger partial charge < -0.3 is 10.2 Å². The molecule has 0 unspecified atom stereocenters. The number of rotatable bonds is 4. The summed E-state index contributed by atoms with van der Waals surface area (Å²) in [4.78, 5) is 15.9. The minimum atomic E-state index is 0.0328. The predicted octanol–water partition coefficient (Wildman–Crippen LogP) is 4.32. The molecule has 0 aliphatic carbocycles. The van der Waals surface area contributed by atoms with Crippen molar-refractivity contribution in [2.24, 2.45) is 0 Å². The van der Waals surface area contributed by atoms with Crippen molar-refractivity contribution in [2.75, 3.05) is 23.3 Å². The maximum Gasteiger partial charge on any atom is 0.243 e. The molecule has 1 aliphatic heterocycles. The number of hydrogen-bond acceptors (Lipinski definition) is 3. The van der Waals surface area contributed by atoms with Gasteiger partial charge >= 0.3 is 0 Å². The summed E-state index contributed by atoms with van der Waals surface area (Å²) in [6.07, 6.45) is 1.11. The first kappa shape index (κ1) is 15.9. The van der Waals surface area contributed by atoms with Gasteiger partial charge in [0.05, 0.1) is 12.2 Å². The summed E-state index contributed by atoms with van der Waals surface area (Å²) >= 11 is 1.92. The van der Waals surface area contributed by atoms with E-state index in [2.05, 4.69) is 35.3 Å². The van der Waals surface area contributed by atoms with Gasteiger partial charge in [-0.3, -0.25) is 4.79 Å². The number of fused-ring (bicyclic) bond motifs is 1. The molecule has 0 radical (unpaired) electrons. The maximum absolute atomic E-state index is 12.4. The number of benzene rings is 2. The standard InChI is InChI=1S/C19H22N2OS/c1-3-16-12-21(17-6-4-5-7-18(17)23-16)13-19(22)20-15-10-8-14(2)9-11-15/h4-11,16H,3,12-13H2,1-2H3,(H,20,22)/t16-/m0/s1. The Labute approximate surface area is 142 Å². The summed E-state index contributed by atoms with van der Waals surface area (Å²) in [7, 11) is 0. The average molecular weight is 326 g/mol. The van der Waals surface area contributed by atoms with Crippen LogP contribution in [0.1, 0.15) is 18.9 Å². The van der Waals surface area contributed by atoms with Crippen LogP contribution in [0, 0.1) is 6.92 Å². The van der Waals surface area contributed by atoms with E-state index in [0.29, 0.717) is 11.8 Å². The zero-order valence-electron chi connectivity index (χ0n) is 13.6. The SMILES string of the molecule is CC[C@H]1CN(CC(=O)Nc2ccc(C)cc2)c2ccccc2S1. The van der Waals surface area contributed by atoms with E-state index < -0.39 is 0 Å². The van der Waals surface area contributed by atoms with E-state index in [1.165, 1.54) is 16.1 Å². The number of nitrogens with zero attached hydrogens (tertiary/aromatic N) is 1. The first-order chi connectivity index (χ1) is 11.2. The molecule has 0 spiro atoms. The molecular formula is C19H22N2OS. The molecule has 4 heteroatoms. The third-order valence-electron chi connectivity index (χ3n) is 4.05. The molecule has 0 aromatic heterocycles. The van der Waals surface area contributed by atoms with Gasteiger partial charge in [-0.1, -0.05) is 36.8 Å². The fourth-order valence-electron chi connectivity index (χ4n) is 2.75. The van der Waals surface area contributed by atoms with E-state index in [0.717, 1.165) is 18.7 Å². The van der Waals surface area contributed by atoms with Crippen molar-refractivity contribution in [3.05, 3.63) is 54.1 Å². The van der Waals surface area contributed by atoms with Crippen molar-refractivity contribution in [2.45, 2.75) is 30.4 Å². The Morgan fingerprint density at radius 1 is 1.22 bits per heavy atom. The summed E-state index contributed by atoms with van der Waals surface area (Å²) in [5.41, 5.74) is 3.21. The highest BCUT2D eigenvalue weighted by Crippen LogP contribution is 2.39. The van der Waals surface area contributed by atoms with Crippen LogP contribution in [0.25, 0.3) is 0 Å². The third kappa shape index (κ3) is 3.88. The summed E-state index contributed by atoms with van der Waals surface area (Å²) in [5.74, 6) is 0.0328. The predicted molar refractivity (Wildman–Crippen MR) is 98.4 cm³/mol. The quantitative estimate of drug-likeness (QED) is 0.908. The molecule has 0 saturated heterocycles. The Balaban J connectivity index is 1.71. The van der Waals surface area contributed by atoms with Crippen LogP contribution in [0.4, 0.5) is 11.4 Å². The lowest BCUT2D eigenvalue weighted by Crippen LogP contribution is -2.40. The molecule has 1 heterocycles. The highest BCUT2D eigenvalue weighted by atomic mass is 32.2. The van der Waals surface area contributed by atoms with Crippen LogP contribution in [0.2, 0.25) is 0 Å². The van der Waals surface area contributed by atoms with E-state index in [1.54, 1.807) is 0 Å². The van der Waals surface area contributed by atoms with Crippen molar-refractivity contribution < 1.29 is 4.79 Å². The van der Waals surface area contributed by atoms with Gasteiger partial charge in [0, 0.05) is 22.4 Å². The lowest BCUT2D eigenvalue weighted by atomic mass is 10.2. The van der Waals surface area contributed by atoms with Crippen LogP contribution in [-0.2, 0) is 4.79 Å². The Kier molecular flexibility index (Phi) is 4.91. The molecule has 3 nitrogen and oxygen atoms in total. The first-order valence-electron chi connectivity index (χ1n) is 8.03. The highest BCUT2D eigenvalue weighted by molar-refractivity contribution is 8.00. The molecule has 2 aromatic carbocycles. The van der Waals surface area contributed by atoms with Crippen molar-refractivity contribution in [3.63, 3.8) is 0 Å². The maximum atomic E-state index is 12.4. The van der Waals surface area contributed by atoms with Crippen LogP contribution >= 0.6 is 11.8 Å². The number of para-hydroxylation sites is 1. The summed E-state index contributed by atoms with van der Waals surface area (Å²) < 4.78 is 0. The van der Waals surface area contributed by atoms with Crippen molar-refractivity contribution in [1.82, 2.24) is 0 Å². The van der Waals surface area contributed by atoms with Gasteiger partial charge in [-0.15, -0.1) is 11.8 Å². The fourth-order valence-corrected chi connectivity index (χ4v) is 4.01. The molecule has 120 valence electrons. The lowest BCUT2D eigenvalue weighted by molar-refractivity contribution is -0.115. The highest BCUT2D eigenvalue weighted by Gasteiger charge is 2.25. The summed E-state index contributed by atoms with van der Waals surface area (Å²) in [6, 6.07) is 16.3. The number of amides is 1. The minimum absolute atomic E-state index is 0.0328. The number of carbonyl (C=O) groups excluding carboxylic acids is 1. The van der Waals surface area contributed by atoms with Gasteiger partial charge in [0.1, 0.15) is 0 Å². The number of aryl methyl sites for hydroxylation is 1. The molecule has 3 rings (SSSR count). The second kappa shape index (κ2) is 7.09. The number of thioether (sulfide) groups is 1. The summed E-state index contributed by atoms with van der Waals surface area (Å²) in [6.45, 7) is 5.55. The number of anilines is 2. The van der Waals surface area contributed by atoms with Gasteiger partial charge in [0.15, 0.2) is 0 Å². The van der Waals surface area contributed by atoms with Gasteiger partial charge in [-0.2, -0.15) is 0 Å². The lowest BCUT2D eigenvalue weighted by Gasteiger charge is -2.34. The fraction of sp³-hybridized carbons (Fsp3) is 0.316. The van der Waals surface area contributed by atoms with E-state index in [4.69, 9.17) is 0 Å². The molecule has 0 bridgehead atoms. The summed E-state index contributed by atoms with van der Waals surface area (Å²) in [5, 5.41) is 3.53. The molecule has 1 aliphatic rings. The van der Waals surface area contributed by atoms with Crippen LogP contribution in [0.3, 0.4) is 0 Å². The average Bonchev–Trinajstić information content (AvgIpc) is 2.56. The molecule has 0 fully saturated rings. The Morgan fingerprint density at radius 3 is 2.70 bits per heavy atom. The zero-order chi connectivity index (χ0) is 16.2. The van der Waals surface area contributed by atoms with Crippen molar-refractivity contribution >= 4 is 29.0 Å². The zero-order valence-corrected chi connectivity index (χ0v) is 14.4. The third-order valence-corrected chi connectivity index (χ3v) is 5.46. The topological polar surface area (TPSA) is 32.3 Å². The number of hydrogen-bond donors (Lipinski definition) is 1. The second-order valence-corrected chi connectivity index (χ2v) is 7.25. The number of nitrogens with one attached hydrogen (secondary N) is 1. The van der Waals surface area contributed by atoms with E-state index in [-0.39, 0.29) is 5.91 Å². The molecule has 1 amide bonds. The van der Waals surface area contributed by atoms with Crippen molar-refractivity contribution in [3.8, 4) is 0 Å². The van der Waals surface area contributed by atoms with Crippen LogP contribution < -0.4 is 10.2 Å². The van der Waals surface area contributed by atoms with E-state index in [9.17, 15) is 4.79 Å². The molecular weight excluding hydrogens is 304 g/mol. The number of carbonyl (C=O) groups is 1. The van der Waals surface area contributed by atoms with Gasteiger partial charge in [-0.05, 0) is 37.6 Å². The Bertz CT molecular complexity index is 684. The second-order valence-electron chi connectivity index (χ2n) is 5.91. The van der Waals surface area contributed by atoms with E-state index >= 15 is 0 Å². The minimum Gasteiger partial charge on any atom is -0.360 e. The van der Waals surface area contributed by atoms with Gasteiger partial charge in [0.2, 0.25) is 5.91 Å². The largest absolute Gasteiger partial charge is 0.360 e. The molecule has 1 N–H and O–H groups in total. The molecule has 23 heavy (non-hydrogen) atoms. The molecule has 0 saturated carbocycles. The van der Waals surface area contributed by atoms with Crippen LogP contribution in [0.5, 0.6) is 0 Å². The normalized spacial score (nSPS) is 16.8. The van der Waals surface area contributed by atoms with Crippen molar-refractivity contribution in [1.29, 1.82) is 0 Å². The van der Waals surface area contributed by atoms with Gasteiger partial charge in [0.25, 0.3) is 0 Å². The van der Waals surface area contributed by atoms with E-state index in [1.807, 2.05) is 49.0 Å². The molecule has 2 aromatic rings. The van der Waals surface area contributed by atoms with Crippen LogP contribution in [-0.4, -0.2) is 24.2 Å². The monoisotopic (exact) mass is 326 g/mol. The van der Waals surface area contributed by atoms with Gasteiger partial charge in [-0.25, -0.2) is 0 Å². The Morgan fingerprint density at radius 2 is 1.96 bits per heavy atom. The smallest absolute Gasteiger partial charge is 0.243 e. The molecule has 1 atom stereocenters. The first-order valence-corrected chi connectivity index (χ1v) is 8.91. The Hall–Kier alpha value is -1.94.